The van der Waals surface area contributed by atoms with E-state index in [1.165, 1.54) is 6.92 Å². The Morgan fingerprint density at radius 1 is 1.31 bits per heavy atom. The second kappa shape index (κ2) is 9.44. The summed E-state index contributed by atoms with van der Waals surface area (Å²) in [4.78, 5) is 14.8. The molecule has 0 aromatic carbocycles. The molecule has 0 aromatic rings. The van der Waals surface area contributed by atoms with Crippen LogP contribution in [0, 0.1) is 0 Å². The van der Waals surface area contributed by atoms with Crippen LogP contribution in [0.5, 0.6) is 0 Å². The molecular formula is C8H19N3O2. The molecule has 0 atom stereocenters. The maximum atomic E-state index is 10.5. The van der Waals surface area contributed by atoms with Gasteiger partial charge in [-0.1, -0.05) is 0 Å². The monoisotopic (exact) mass is 189 g/mol. The van der Waals surface area contributed by atoms with Crippen LogP contribution < -0.4 is 16.5 Å². The molecule has 13 heavy (non-hydrogen) atoms. The average Bonchev–Trinajstić information content (AvgIpc) is 2.09. The van der Waals surface area contributed by atoms with Gasteiger partial charge in [-0.05, 0) is 19.4 Å². The lowest BCUT2D eigenvalue weighted by Gasteiger charge is -2.03. The van der Waals surface area contributed by atoms with Crippen LogP contribution in [0.25, 0.3) is 0 Å². The molecule has 0 unspecified atom stereocenters. The van der Waals surface area contributed by atoms with Crippen molar-refractivity contribution in [2.24, 2.45) is 5.90 Å². The van der Waals surface area contributed by atoms with Crippen molar-refractivity contribution in [3.63, 3.8) is 0 Å². The number of rotatable bonds is 8. The highest BCUT2D eigenvalue weighted by Gasteiger charge is 1.91. The highest BCUT2D eigenvalue weighted by molar-refractivity contribution is 5.72. The molecule has 0 saturated carbocycles. The van der Waals surface area contributed by atoms with Gasteiger partial charge in [0.25, 0.3) is 0 Å². The molecule has 1 amide bonds. The minimum Gasteiger partial charge on any atom is -0.356 e. The van der Waals surface area contributed by atoms with E-state index in [1.807, 2.05) is 0 Å². The van der Waals surface area contributed by atoms with E-state index in [-0.39, 0.29) is 5.91 Å². The molecule has 0 aliphatic heterocycles. The number of hydrogen-bond acceptors (Lipinski definition) is 4. The molecule has 0 saturated heterocycles. The fraction of sp³-hybridized carbons (Fsp3) is 0.875. The van der Waals surface area contributed by atoms with Gasteiger partial charge in [0.1, 0.15) is 0 Å². The Hall–Kier alpha value is -0.650. The summed E-state index contributed by atoms with van der Waals surface area (Å²) in [7, 11) is 0. The van der Waals surface area contributed by atoms with E-state index in [0.29, 0.717) is 6.61 Å². The molecule has 0 aliphatic carbocycles. The Labute approximate surface area is 79.0 Å². The average molecular weight is 189 g/mol. The van der Waals surface area contributed by atoms with E-state index in [1.54, 1.807) is 0 Å². The van der Waals surface area contributed by atoms with E-state index in [2.05, 4.69) is 15.5 Å². The first-order valence-electron chi connectivity index (χ1n) is 4.54. The Kier molecular flexibility index (Phi) is 8.97. The third-order valence-electron chi connectivity index (χ3n) is 1.55. The predicted molar refractivity (Wildman–Crippen MR) is 50.9 cm³/mol. The highest BCUT2D eigenvalue weighted by Crippen LogP contribution is 1.83. The van der Waals surface area contributed by atoms with Crippen LogP contribution in [0.2, 0.25) is 0 Å². The Bertz CT molecular complexity index is 131. The SMILES string of the molecule is CC(=O)NCCCCNCCON. The van der Waals surface area contributed by atoms with Crippen LogP contribution in [0.15, 0.2) is 0 Å². The second-order valence-corrected chi connectivity index (χ2v) is 2.81. The van der Waals surface area contributed by atoms with Gasteiger partial charge in [-0.2, -0.15) is 0 Å². The standard InChI is InChI=1S/C8H19N3O2/c1-8(12)11-5-3-2-4-10-6-7-13-9/h10H,2-7,9H2,1H3,(H,11,12). The summed E-state index contributed by atoms with van der Waals surface area (Å²) in [5.74, 6) is 4.87. The Balaban J connectivity index is 2.87. The largest absolute Gasteiger partial charge is 0.356 e. The minimum atomic E-state index is 0.0319. The fourth-order valence-corrected chi connectivity index (χ4v) is 0.896. The lowest BCUT2D eigenvalue weighted by Crippen LogP contribution is -2.24. The van der Waals surface area contributed by atoms with E-state index >= 15 is 0 Å². The number of hydrogen-bond donors (Lipinski definition) is 3. The third kappa shape index (κ3) is 11.3. The molecule has 0 radical (unpaired) electrons. The van der Waals surface area contributed by atoms with Crippen molar-refractivity contribution in [2.75, 3.05) is 26.2 Å². The van der Waals surface area contributed by atoms with Crippen molar-refractivity contribution in [3.05, 3.63) is 0 Å². The van der Waals surface area contributed by atoms with Gasteiger partial charge in [0.15, 0.2) is 0 Å². The van der Waals surface area contributed by atoms with Crippen molar-refractivity contribution in [1.29, 1.82) is 0 Å². The van der Waals surface area contributed by atoms with Crippen LogP contribution in [0.3, 0.4) is 0 Å². The minimum absolute atomic E-state index is 0.0319. The molecule has 5 nitrogen and oxygen atoms in total. The Morgan fingerprint density at radius 2 is 2.00 bits per heavy atom. The first kappa shape index (κ1) is 12.3. The van der Waals surface area contributed by atoms with E-state index < -0.39 is 0 Å². The summed E-state index contributed by atoms with van der Waals surface area (Å²) >= 11 is 0. The maximum absolute atomic E-state index is 10.5. The fourth-order valence-electron chi connectivity index (χ4n) is 0.896. The van der Waals surface area contributed by atoms with Crippen molar-refractivity contribution < 1.29 is 9.63 Å². The number of carbonyl (C=O) groups is 1. The number of nitrogens with two attached hydrogens (primary N) is 1. The lowest BCUT2D eigenvalue weighted by molar-refractivity contribution is -0.118. The number of unbranched alkanes of at least 4 members (excludes halogenated alkanes) is 1. The van der Waals surface area contributed by atoms with Crippen LogP contribution in [-0.2, 0) is 9.63 Å². The van der Waals surface area contributed by atoms with E-state index in [0.717, 1.165) is 32.5 Å². The first-order chi connectivity index (χ1) is 6.27. The predicted octanol–water partition coefficient (Wildman–Crippen LogP) is -0.617. The van der Waals surface area contributed by atoms with Gasteiger partial charge in [0, 0.05) is 20.0 Å². The molecular weight excluding hydrogens is 170 g/mol. The van der Waals surface area contributed by atoms with E-state index in [4.69, 9.17) is 5.90 Å². The molecule has 0 fully saturated rings. The van der Waals surface area contributed by atoms with Gasteiger partial charge < -0.3 is 15.5 Å². The van der Waals surface area contributed by atoms with Gasteiger partial charge in [-0.25, -0.2) is 5.90 Å². The smallest absolute Gasteiger partial charge is 0.216 e. The third-order valence-corrected chi connectivity index (χ3v) is 1.55. The van der Waals surface area contributed by atoms with Crippen LogP contribution >= 0.6 is 0 Å². The van der Waals surface area contributed by atoms with Crippen molar-refractivity contribution in [1.82, 2.24) is 10.6 Å². The molecule has 78 valence electrons. The summed E-state index contributed by atoms with van der Waals surface area (Å²) in [5.41, 5.74) is 0. The quantitative estimate of drug-likeness (QED) is 0.351. The number of carbonyl (C=O) groups excluding carboxylic acids is 1. The molecule has 4 N–H and O–H groups in total. The zero-order valence-electron chi connectivity index (χ0n) is 8.14. The van der Waals surface area contributed by atoms with Gasteiger partial charge in [0.05, 0.1) is 6.61 Å². The Morgan fingerprint density at radius 3 is 2.62 bits per heavy atom. The number of nitrogens with one attached hydrogen (secondary N) is 2. The molecule has 0 heterocycles. The summed E-state index contributed by atoms with van der Waals surface area (Å²) in [5, 5.41) is 5.89. The molecule has 0 rings (SSSR count). The van der Waals surface area contributed by atoms with Crippen molar-refractivity contribution >= 4 is 5.91 Å². The van der Waals surface area contributed by atoms with Crippen LogP contribution in [0.4, 0.5) is 0 Å². The second-order valence-electron chi connectivity index (χ2n) is 2.81. The summed E-state index contributed by atoms with van der Waals surface area (Å²) in [6, 6.07) is 0. The summed E-state index contributed by atoms with van der Waals surface area (Å²) in [6.45, 7) is 4.52. The van der Waals surface area contributed by atoms with E-state index in [9.17, 15) is 4.79 Å². The van der Waals surface area contributed by atoms with Crippen LogP contribution in [0.1, 0.15) is 19.8 Å². The zero-order chi connectivity index (χ0) is 9.94. The first-order valence-corrected chi connectivity index (χ1v) is 4.54. The maximum Gasteiger partial charge on any atom is 0.216 e. The van der Waals surface area contributed by atoms with Gasteiger partial charge >= 0.3 is 0 Å². The number of amides is 1. The normalized spacial score (nSPS) is 10.0. The molecule has 0 aliphatic rings. The van der Waals surface area contributed by atoms with Gasteiger partial charge in [-0.15, -0.1) is 0 Å². The molecule has 0 bridgehead atoms. The van der Waals surface area contributed by atoms with Crippen molar-refractivity contribution in [2.45, 2.75) is 19.8 Å². The van der Waals surface area contributed by atoms with Crippen LogP contribution in [-0.4, -0.2) is 32.1 Å². The molecule has 5 heteroatoms. The van der Waals surface area contributed by atoms with Gasteiger partial charge in [0.2, 0.25) is 5.91 Å². The van der Waals surface area contributed by atoms with Gasteiger partial charge in [-0.3, -0.25) is 4.79 Å². The molecule has 0 aromatic heterocycles. The highest BCUT2D eigenvalue weighted by atomic mass is 16.6. The zero-order valence-corrected chi connectivity index (χ0v) is 8.14. The molecule has 0 spiro atoms. The topological polar surface area (TPSA) is 76.4 Å². The lowest BCUT2D eigenvalue weighted by atomic mass is 10.3. The summed E-state index contributed by atoms with van der Waals surface area (Å²) < 4.78 is 0. The van der Waals surface area contributed by atoms with Crippen molar-refractivity contribution in [3.8, 4) is 0 Å². The summed E-state index contributed by atoms with van der Waals surface area (Å²) in [6.07, 6.45) is 2.04.